The number of carbonyl (C=O) groups is 1. The van der Waals surface area contributed by atoms with Crippen LogP contribution in [0.15, 0.2) is 81.6 Å². The minimum absolute atomic E-state index is 0.0197. The summed E-state index contributed by atoms with van der Waals surface area (Å²) in [5, 5.41) is 12.3. The summed E-state index contributed by atoms with van der Waals surface area (Å²) in [5.41, 5.74) is 1.96. The van der Waals surface area contributed by atoms with Crippen LogP contribution in [-0.4, -0.2) is 52.7 Å². The number of nitrogens with one attached hydrogen (secondary N) is 1. The van der Waals surface area contributed by atoms with Crippen molar-refractivity contribution in [2.75, 3.05) is 31.3 Å². The molecule has 2 heterocycles. The van der Waals surface area contributed by atoms with Crippen LogP contribution in [0.1, 0.15) is 15.9 Å². The number of hydrogen-bond donors (Lipinski definition) is 1. The summed E-state index contributed by atoms with van der Waals surface area (Å²) >= 11 is 0. The van der Waals surface area contributed by atoms with Crippen LogP contribution < -0.4 is 14.4 Å². The fourth-order valence-corrected chi connectivity index (χ4v) is 6.35. The highest BCUT2D eigenvalue weighted by molar-refractivity contribution is 7.92. The molecule has 10 nitrogen and oxygen atoms in total. The van der Waals surface area contributed by atoms with Gasteiger partial charge in [0.05, 0.1) is 42.3 Å². The summed E-state index contributed by atoms with van der Waals surface area (Å²) in [6, 6.07) is 19.6. The molecule has 48 heavy (non-hydrogen) atoms. The van der Waals surface area contributed by atoms with Crippen molar-refractivity contribution in [1.29, 1.82) is 5.26 Å². The molecule has 4 aromatic carbocycles. The van der Waals surface area contributed by atoms with Crippen molar-refractivity contribution >= 4 is 43.7 Å². The van der Waals surface area contributed by atoms with Gasteiger partial charge in [0.15, 0.2) is 5.58 Å². The summed E-state index contributed by atoms with van der Waals surface area (Å²) in [5.74, 6) is -0.631. The maximum absolute atomic E-state index is 13.9. The zero-order valence-electron chi connectivity index (χ0n) is 25.5. The Kier molecular flexibility index (Phi) is 8.32. The average molecular weight is 675 g/mol. The van der Waals surface area contributed by atoms with Gasteiger partial charge in [-0.15, -0.1) is 0 Å². The Morgan fingerprint density at radius 2 is 1.75 bits per heavy atom. The Bertz CT molecular complexity index is 2360. The molecular weight excluding hydrogens is 649 g/mol. The third-order valence-corrected chi connectivity index (χ3v) is 8.77. The van der Waals surface area contributed by atoms with E-state index in [2.05, 4.69) is 16.4 Å². The number of aromatic nitrogens is 1. The molecule has 14 heteroatoms. The van der Waals surface area contributed by atoms with Gasteiger partial charge in [-0.3, -0.25) is 9.10 Å². The highest BCUT2D eigenvalue weighted by atomic mass is 32.2. The van der Waals surface area contributed by atoms with Crippen molar-refractivity contribution in [3.8, 4) is 45.7 Å². The molecule has 1 amide bonds. The molecule has 0 spiro atoms. The number of sulfonamides is 1. The van der Waals surface area contributed by atoms with E-state index in [0.717, 1.165) is 6.26 Å². The monoisotopic (exact) mass is 674 g/mol. The molecule has 0 saturated heterocycles. The Morgan fingerprint density at radius 3 is 2.40 bits per heavy atom. The predicted molar refractivity (Wildman–Crippen MR) is 173 cm³/mol. The van der Waals surface area contributed by atoms with E-state index in [9.17, 15) is 31.6 Å². The number of para-hydroxylation sites is 1. The second-order valence-electron chi connectivity index (χ2n) is 10.6. The van der Waals surface area contributed by atoms with Crippen LogP contribution >= 0.6 is 0 Å². The van der Waals surface area contributed by atoms with Gasteiger partial charge in [0.2, 0.25) is 15.9 Å². The molecule has 0 fully saturated rings. The molecule has 244 valence electrons. The number of alkyl halides is 2. The number of halogens is 3. The van der Waals surface area contributed by atoms with Crippen molar-refractivity contribution in [2.24, 2.45) is 0 Å². The third-order valence-electron chi connectivity index (χ3n) is 7.62. The second kappa shape index (κ2) is 12.4. The third kappa shape index (κ3) is 5.80. The van der Waals surface area contributed by atoms with E-state index in [1.807, 2.05) is 0 Å². The first kappa shape index (κ1) is 32.1. The number of nitriles is 1. The molecule has 0 bridgehead atoms. The number of nitrogens with zero attached hydrogens (tertiary/aromatic N) is 3. The first-order valence-electron chi connectivity index (χ1n) is 14.3. The topological polar surface area (TPSA) is 139 Å². The first-order chi connectivity index (χ1) is 22.9. The highest BCUT2D eigenvalue weighted by Crippen LogP contribution is 2.44. The number of ether oxygens (including phenoxy) is 1. The lowest BCUT2D eigenvalue weighted by atomic mass is 9.97. The van der Waals surface area contributed by atoms with E-state index in [1.165, 1.54) is 50.6 Å². The fraction of sp³-hybridized carbons (Fsp3) is 0.147. The standard InChI is InChI=1S/C34H25F3N4O6S/c1-39-33(42)30-23-14-22(19-9-12-26(45-2)24(13-19)34-40-31-20(16-38)5-4-6-27(31)47-34)25(41(17-29(36)37)48(3,43)44)15-28(23)46-32(30)18-7-10-21(35)11-8-18/h4-15,29H,17H2,1-3H3,(H,39,42). The second-order valence-corrected chi connectivity index (χ2v) is 12.5. The smallest absolute Gasteiger partial charge is 0.257 e. The number of benzene rings is 4. The van der Waals surface area contributed by atoms with Gasteiger partial charge in [-0.2, -0.15) is 5.26 Å². The number of furan rings is 1. The van der Waals surface area contributed by atoms with Crippen LogP contribution in [0.25, 0.3) is 56.0 Å². The number of fused-ring (bicyclic) bond motifs is 2. The van der Waals surface area contributed by atoms with Crippen molar-refractivity contribution in [3.63, 3.8) is 0 Å². The maximum Gasteiger partial charge on any atom is 0.257 e. The minimum Gasteiger partial charge on any atom is -0.496 e. The van der Waals surface area contributed by atoms with Gasteiger partial charge in [0.25, 0.3) is 12.3 Å². The summed E-state index contributed by atoms with van der Waals surface area (Å²) in [6.07, 6.45) is -2.24. The van der Waals surface area contributed by atoms with Gasteiger partial charge in [-0.1, -0.05) is 12.1 Å². The van der Waals surface area contributed by atoms with Gasteiger partial charge in [0.1, 0.15) is 34.5 Å². The van der Waals surface area contributed by atoms with Gasteiger partial charge in [0, 0.05) is 29.6 Å². The summed E-state index contributed by atoms with van der Waals surface area (Å²) in [6.45, 7) is -1.17. The predicted octanol–water partition coefficient (Wildman–Crippen LogP) is 6.99. The van der Waals surface area contributed by atoms with E-state index in [-0.39, 0.29) is 45.0 Å². The molecule has 6 rings (SSSR count). The molecule has 1 N–H and O–H groups in total. The van der Waals surface area contributed by atoms with Crippen molar-refractivity contribution in [3.05, 3.63) is 89.7 Å². The molecule has 0 aliphatic heterocycles. The van der Waals surface area contributed by atoms with Gasteiger partial charge in [-0.05, 0) is 60.2 Å². The SMILES string of the molecule is CNC(=O)c1c(-c2ccc(F)cc2)oc2cc(N(CC(F)F)S(C)(=O)=O)c(-c3ccc(OC)c(-c4nc5c(C#N)cccc5o4)c3)cc12. The number of methoxy groups -OCH3 is 1. The molecule has 0 aliphatic rings. The highest BCUT2D eigenvalue weighted by Gasteiger charge is 2.29. The Morgan fingerprint density at radius 1 is 1.02 bits per heavy atom. The lowest BCUT2D eigenvalue weighted by molar-refractivity contribution is 0.0964. The lowest BCUT2D eigenvalue weighted by Gasteiger charge is -2.25. The quantitative estimate of drug-likeness (QED) is 0.173. The van der Waals surface area contributed by atoms with Gasteiger partial charge in [-0.25, -0.2) is 26.6 Å². The molecule has 0 radical (unpaired) electrons. The number of rotatable bonds is 9. The number of hydrogen-bond acceptors (Lipinski definition) is 8. The zero-order valence-corrected chi connectivity index (χ0v) is 26.4. The van der Waals surface area contributed by atoms with Crippen molar-refractivity contribution < 1.29 is 40.0 Å². The number of amides is 1. The van der Waals surface area contributed by atoms with Crippen LogP contribution in [0.2, 0.25) is 0 Å². The molecule has 0 unspecified atom stereocenters. The Balaban J connectivity index is 1.67. The van der Waals surface area contributed by atoms with E-state index in [1.54, 1.807) is 36.4 Å². The van der Waals surface area contributed by atoms with E-state index >= 15 is 0 Å². The Labute approximate surface area is 272 Å². The minimum atomic E-state index is -4.29. The van der Waals surface area contributed by atoms with Crippen LogP contribution in [0.3, 0.4) is 0 Å². The van der Waals surface area contributed by atoms with Crippen LogP contribution in [0.5, 0.6) is 5.75 Å². The Hall–Kier alpha value is -5.81. The number of oxazole rings is 1. The maximum atomic E-state index is 13.9. The molecule has 0 atom stereocenters. The van der Waals surface area contributed by atoms with Gasteiger partial charge < -0.3 is 18.9 Å². The number of carbonyl (C=O) groups excluding carboxylic acids is 1. The van der Waals surface area contributed by atoms with E-state index < -0.39 is 34.7 Å². The van der Waals surface area contributed by atoms with Crippen LogP contribution in [-0.2, 0) is 10.0 Å². The molecule has 2 aromatic heterocycles. The fourth-order valence-electron chi connectivity index (χ4n) is 5.46. The normalized spacial score (nSPS) is 11.6. The van der Waals surface area contributed by atoms with Crippen LogP contribution in [0.4, 0.5) is 18.9 Å². The van der Waals surface area contributed by atoms with Crippen molar-refractivity contribution in [1.82, 2.24) is 10.3 Å². The molecule has 0 aliphatic carbocycles. The molecule has 0 saturated carbocycles. The summed E-state index contributed by atoms with van der Waals surface area (Å²) in [7, 11) is -1.46. The van der Waals surface area contributed by atoms with Crippen molar-refractivity contribution in [2.45, 2.75) is 6.43 Å². The van der Waals surface area contributed by atoms with E-state index in [4.69, 9.17) is 13.6 Å². The molecular formula is C34H25F3N4O6S. The number of anilines is 1. The largest absolute Gasteiger partial charge is 0.496 e. The molecule has 6 aromatic rings. The lowest BCUT2D eigenvalue weighted by Crippen LogP contribution is -2.34. The summed E-state index contributed by atoms with van der Waals surface area (Å²) in [4.78, 5) is 17.8. The zero-order chi connectivity index (χ0) is 34.3. The van der Waals surface area contributed by atoms with Gasteiger partial charge >= 0.3 is 0 Å². The first-order valence-corrected chi connectivity index (χ1v) is 16.1. The van der Waals surface area contributed by atoms with Crippen LogP contribution in [0, 0.1) is 17.1 Å². The van der Waals surface area contributed by atoms with E-state index in [0.29, 0.717) is 37.8 Å². The summed E-state index contributed by atoms with van der Waals surface area (Å²) < 4.78 is 85.7. The average Bonchev–Trinajstić information content (AvgIpc) is 3.67.